The van der Waals surface area contributed by atoms with E-state index < -0.39 is 5.60 Å². The van der Waals surface area contributed by atoms with Crippen LogP contribution in [0.15, 0.2) is 60.8 Å². The van der Waals surface area contributed by atoms with Crippen LogP contribution in [0, 0.1) is 11.8 Å². The molecule has 3 heterocycles. The lowest BCUT2D eigenvalue weighted by molar-refractivity contribution is -0.116. The number of thiazole rings is 2. The quantitative estimate of drug-likeness (QED) is 0.453. The Kier molecular flexibility index (Phi) is 5.79. The zero-order valence-electron chi connectivity index (χ0n) is 19.5. The molecule has 7 heteroatoms. The third-order valence-electron chi connectivity index (χ3n) is 7.07. The lowest BCUT2D eigenvalue weighted by atomic mass is 9.65. The molecule has 2 N–H and O–H groups in total. The Labute approximate surface area is 213 Å². The van der Waals surface area contributed by atoms with Crippen molar-refractivity contribution in [3.05, 3.63) is 71.5 Å². The van der Waals surface area contributed by atoms with Crippen LogP contribution in [-0.2, 0) is 4.79 Å². The van der Waals surface area contributed by atoms with Crippen molar-refractivity contribution >= 4 is 39.7 Å². The molecule has 0 radical (unpaired) electrons. The number of benzene rings is 1. The molecule has 2 aliphatic carbocycles. The zero-order chi connectivity index (χ0) is 24.0. The van der Waals surface area contributed by atoms with E-state index in [1.807, 2.05) is 19.2 Å². The first-order chi connectivity index (χ1) is 16.9. The van der Waals surface area contributed by atoms with Crippen molar-refractivity contribution in [2.24, 2.45) is 11.8 Å². The highest BCUT2D eigenvalue weighted by Gasteiger charge is 2.41. The van der Waals surface area contributed by atoms with Crippen molar-refractivity contribution in [2.45, 2.75) is 38.2 Å². The Morgan fingerprint density at radius 1 is 1.14 bits per heavy atom. The number of allylic oxidation sites excluding steroid dienone is 4. The molecular formula is C28H27N3O2S2. The Bertz CT molecular complexity index is 1360. The maximum Gasteiger partial charge on any atom is 0.244 e. The van der Waals surface area contributed by atoms with E-state index in [0.717, 1.165) is 67.9 Å². The Balaban J connectivity index is 1.31. The molecule has 1 aliphatic heterocycles. The highest BCUT2D eigenvalue weighted by atomic mass is 32.1. The molecular weight excluding hydrogens is 474 g/mol. The number of hydrogen-bond donors (Lipinski definition) is 2. The summed E-state index contributed by atoms with van der Waals surface area (Å²) in [5.74, 6) is 0.999. The molecule has 0 bridgehead atoms. The number of aliphatic hydroxyl groups is 1. The normalized spacial score (nSPS) is 26.1. The van der Waals surface area contributed by atoms with Crippen LogP contribution < -0.4 is 5.32 Å². The molecule has 1 amide bonds. The lowest BCUT2D eigenvalue weighted by Crippen LogP contribution is -2.43. The van der Waals surface area contributed by atoms with Crippen molar-refractivity contribution in [1.82, 2.24) is 15.3 Å². The van der Waals surface area contributed by atoms with Crippen molar-refractivity contribution in [2.75, 3.05) is 6.54 Å². The average Bonchev–Trinajstić information content (AvgIpc) is 3.51. The van der Waals surface area contributed by atoms with Crippen molar-refractivity contribution in [3.8, 4) is 20.3 Å². The molecule has 2 aromatic heterocycles. The van der Waals surface area contributed by atoms with Crippen molar-refractivity contribution in [1.29, 1.82) is 0 Å². The van der Waals surface area contributed by atoms with E-state index in [4.69, 9.17) is 4.98 Å². The van der Waals surface area contributed by atoms with Gasteiger partial charge >= 0.3 is 0 Å². The fourth-order valence-electron chi connectivity index (χ4n) is 5.23. The first-order valence-corrected chi connectivity index (χ1v) is 13.7. The van der Waals surface area contributed by atoms with E-state index in [2.05, 4.69) is 52.8 Å². The number of amides is 1. The maximum atomic E-state index is 11.8. The van der Waals surface area contributed by atoms with Crippen LogP contribution in [0.4, 0.5) is 0 Å². The molecule has 35 heavy (non-hydrogen) atoms. The molecule has 6 rings (SSSR count). The highest BCUT2D eigenvalue weighted by Crippen LogP contribution is 2.46. The standard InChI is InChI=1S/C28H27N3O2S2/c1-28(33)14-21(15-28)17-7-9-18(10-8-17)24-25(19-5-3-2-4-6-19)35-27(31-24)22-16-30-26(34-22)20-11-12-29-23(32)13-20/h2-7,9-10,13,16-17,21,33H,8,11-12,14-15H2,1H3,(H,29,32). The van der Waals surface area contributed by atoms with Gasteiger partial charge < -0.3 is 10.4 Å². The van der Waals surface area contributed by atoms with Crippen LogP contribution in [0.5, 0.6) is 0 Å². The van der Waals surface area contributed by atoms with Gasteiger partial charge in [-0.25, -0.2) is 9.97 Å². The minimum Gasteiger partial charge on any atom is -0.390 e. The van der Waals surface area contributed by atoms with Crippen LogP contribution in [0.25, 0.3) is 31.5 Å². The van der Waals surface area contributed by atoms with E-state index >= 15 is 0 Å². The molecule has 1 saturated carbocycles. The molecule has 0 saturated heterocycles. The summed E-state index contributed by atoms with van der Waals surface area (Å²) >= 11 is 3.30. The minimum atomic E-state index is -0.488. The minimum absolute atomic E-state index is 0.0502. The number of nitrogens with one attached hydrogen (secondary N) is 1. The van der Waals surface area contributed by atoms with Gasteiger partial charge in [-0.05, 0) is 61.2 Å². The van der Waals surface area contributed by atoms with Crippen LogP contribution in [0.2, 0.25) is 0 Å². The number of aromatic nitrogens is 2. The molecule has 3 aliphatic rings. The van der Waals surface area contributed by atoms with E-state index in [-0.39, 0.29) is 5.91 Å². The van der Waals surface area contributed by atoms with Gasteiger partial charge in [-0.2, -0.15) is 0 Å². The van der Waals surface area contributed by atoms with Gasteiger partial charge in [0.2, 0.25) is 5.91 Å². The summed E-state index contributed by atoms with van der Waals surface area (Å²) in [6.45, 7) is 2.59. The smallest absolute Gasteiger partial charge is 0.244 e. The fourth-order valence-corrected chi connectivity index (χ4v) is 7.32. The Morgan fingerprint density at radius 2 is 1.97 bits per heavy atom. The molecule has 1 atom stereocenters. The second kappa shape index (κ2) is 8.97. The molecule has 3 aromatic rings. The largest absolute Gasteiger partial charge is 0.390 e. The van der Waals surface area contributed by atoms with E-state index in [1.165, 1.54) is 0 Å². The summed E-state index contributed by atoms with van der Waals surface area (Å²) in [6, 6.07) is 10.4. The fraction of sp³-hybridized carbons (Fsp3) is 0.321. The zero-order valence-corrected chi connectivity index (χ0v) is 21.2. The van der Waals surface area contributed by atoms with Gasteiger partial charge in [-0.1, -0.05) is 48.6 Å². The van der Waals surface area contributed by atoms with E-state index in [0.29, 0.717) is 18.4 Å². The van der Waals surface area contributed by atoms with Crippen LogP contribution in [0.3, 0.4) is 0 Å². The predicted octanol–water partition coefficient (Wildman–Crippen LogP) is 5.96. The SMILES string of the molecule is CC1(O)CC(C2C=CC(c3nc(-c4cnc(C5=CC(=O)NCC5)s4)sc3-c3ccccc3)=CC2)C1. The second-order valence-corrected chi connectivity index (χ2v) is 11.9. The first-order valence-electron chi connectivity index (χ1n) is 12.1. The van der Waals surface area contributed by atoms with Gasteiger partial charge in [0.15, 0.2) is 0 Å². The summed E-state index contributed by atoms with van der Waals surface area (Å²) in [5.41, 5.74) is 3.83. The van der Waals surface area contributed by atoms with Crippen LogP contribution in [-0.4, -0.2) is 33.1 Å². The average molecular weight is 502 g/mol. The molecule has 178 valence electrons. The maximum absolute atomic E-state index is 11.8. The number of hydrogen-bond acceptors (Lipinski definition) is 6. The van der Waals surface area contributed by atoms with Crippen LogP contribution >= 0.6 is 22.7 Å². The monoisotopic (exact) mass is 501 g/mol. The molecule has 0 spiro atoms. The van der Waals surface area contributed by atoms with E-state index in [9.17, 15) is 9.90 Å². The summed E-state index contributed by atoms with van der Waals surface area (Å²) < 4.78 is 0. The predicted molar refractivity (Wildman–Crippen MR) is 143 cm³/mol. The molecule has 5 nitrogen and oxygen atoms in total. The van der Waals surface area contributed by atoms with Gasteiger partial charge in [-0.3, -0.25) is 4.79 Å². The Morgan fingerprint density at radius 3 is 2.69 bits per heavy atom. The van der Waals surface area contributed by atoms with Gasteiger partial charge in [0, 0.05) is 18.8 Å². The lowest BCUT2D eigenvalue weighted by Gasteiger charge is -2.44. The van der Waals surface area contributed by atoms with Gasteiger partial charge in [0.05, 0.1) is 21.0 Å². The number of rotatable bonds is 5. The van der Waals surface area contributed by atoms with Crippen molar-refractivity contribution in [3.63, 3.8) is 0 Å². The molecule has 1 aromatic carbocycles. The topological polar surface area (TPSA) is 75.1 Å². The number of carbonyl (C=O) groups is 1. The van der Waals surface area contributed by atoms with Gasteiger partial charge in [-0.15, -0.1) is 22.7 Å². The number of carbonyl (C=O) groups excluding carboxylic acids is 1. The summed E-state index contributed by atoms with van der Waals surface area (Å²) in [4.78, 5) is 23.7. The third-order valence-corrected chi connectivity index (χ3v) is 9.42. The molecule has 1 fully saturated rings. The summed E-state index contributed by atoms with van der Waals surface area (Å²) in [7, 11) is 0. The Hall–Kier alpha value is -2.87. The summed E-state index contributed by atoms with van der Waals surface area (Å²) in [6.07, 6.45) is 13.9. The first kappa shape index (κ1) is 22.6. The van der Waals surface area contributed by atoms with Gasteiger partial charge in [0.25, 0.3) is 0 Å². The third kappa shape index (κ3) is 4.56. The van der Waals surface area contributed by atoms with E-state index in [1.54, 1.807) is 28.7 Å². The second-order valence-electron chi connectivity index (χ2n) is 9.89. The van der Waals surface area contributed by atoms with Gasteiger partial charge in [0.1, 0.15) is 10.0 Å². The van der Waals surface area contributed by atoms with Crippen LogP contribution in [0.1, 0.15) is 43.3 Å². The molecule has 1 unspecified atom stereocenters. The number of nitrogens with zero attached hydrogens (tertiary/aromatic N) is 2. The van der Waals surface area contributed by atoms with Crippen molar-refractivity contribution < 1.29 is 9.90 Å². The summed E-state index contributed by atoms with van der Waals surface area (Å²) in [5, 5.41) is 14.8. The highest BCUT2D eigenvalue weighted by molar-refractivity contribution is 7.23.